The Hall–Kier alpha value is -1.63. The number of nitrogens with zero attached hydrogens (tertiary/aromatic N) is 1. The molecule has 112 valence electrons. The maximum absolute atomic E-state index is 12.4. The van der Waals surface area contributed by atoms with E-state index in [2.05, 4.69) is 5.32 Å². The summed E-state index contributed by atoms with van der Waals surface area (Å²) in [4.78, 5) is 35.6. The topological polar surface area (TPSA) is 119 Å². The Balaban J connectivity index is 2.00. The third-order valence-corrected chi connectivity index (χ3v) is 4.17. The van der Waals surface area contributed by atoms with E-state index in [1.807, 2.05) is 0 Å². The minimum Gasteiger partial charge on any atom is -0.368 e. The smallest absolute Gasteiger partial charge is 0.240 e. The summed E-state index contributed by atoms with van der Waals surface area (Å²) >= 11 is 0. The van der Waals surface area contributed by atoms with Crippen LogP contribution in [0.25, 0.3) is 0 Å². The van der Waals surface area contributed by atoms with Gasteiger partial charge in [0.1, 0.15) is 0 Å². The van der Waals surface area contributed by atoms with Crippen LogP contribution in [-0.4, -0.2) is 47.8 Å². The normalized spacial score (nSPS) is 28.7. The van der Waals surface area contributed by atoms with Gasteiger partial charge in [0.2, 0.25) is 17.7 Å². The Morgan fingerprint density at radius 1 is 1.05 bits per heavy atom. The highest BCUT2D eigenvalue weighted by molar-refractivity contribution is 5.90. The highest BCUT2D eigenvalue weighted by atomic mass is 16.2. The van der Waals surface area contributed by atoms with Crippen molar-refractivity contribution in [3.05, 3.63) is 0 Å². The van der Waals surface area contributed by atoms with Crippen LogP contribution in [-0.2, 0) is 14.4 Å². The average molecular weight is 282 g/mol. The van der Waals surface area contributed by atoms with Crippen LogP contribution in [0.5, 0.6) is 0 Å². The summed E-state index contributed by atoms with van der Waals surface area (Å²) in [7, 11) is 0. The van der Waals surface area contributed by atoms with Crippen molar-refractivity contribution in [2.75, 3.05) is 13.1 Å². The van der Waals surface area contributed by atoms with Crippen LogP contribution >= 0.6 is 0 Å². The second-order valence-electron chi connectivity index (χ2n) is 5.73. The monoisotopic (exact) mass is 282 g/mol. The first kappa shape index (κ1) is 14.8. The average Bonchev–Trinajstić information content (AvgIpc) is 2.79. The van der Waals surface area contributed by atoms with E-state index in [1.165, 1.54) is 12.8 Å². The van der Waals surface area contributed by atoms with Crippen LogP contribution < -0.4 is 16.8 Å². The number of hydrogen-bond acceptors (Lipinski definition) is 4. The number of primary amides is 2. The standard InChI is InChI=1S/C13H22N4O3/c14-11(18)6-17(7-12(15)19)13(20)10-5-8-3-1-2-4-9(8)16-10/h8-10,16H,1-7H2,(H2,14,18)(H2,15,19). The Labute approximate surface area is 118 Å². The molecule has 5 N–H and O–H groups in total. The number of carbonyl (C=O) groups is 3. The first-order valence-electron chi connectivity index (χ1n) is 7.09. The van der Waals surface area contributed by atoms with E-state index in [9.17, 15) is 14.4 Å². The van der Waals surface area contributed by atoms with Crippen molar-refractivity contribution < 1.29 is 14.4 Å². The summed E-state index contributed by atoms with van der Waals surface area (Å²) in [6.07, 6.45) is 5.36. The van der Waals surface area contributed by atoms with Gasteiger partial charge in [-0.25, -0.2) is 0 Å². The lowest BCUT2D eigenvalue weighted by atomic mass is 9.85. The zero-order valence-corrected chi connectivity index (χ0v) is 11.5. The van der Waals surface area contributed by atoms with Crippen molar-refractivity contribution in [1.29, 1.82) is 0 Å². The first-order valence-corrected chi connectivity index (χ1v) is 7.09. The predicted molar refractivity (Wildman–Crippen MR) is 72.3 cm³/mol. The zero-order chi connectivity index (χ0) is 14.7. The third-order valence-electron chi connectivity index (χ3n) is 4.17. The highest BCUT2D eigenvalue weighted by Crippen LogP contribution is 2.33. The van der Waals surface area contributed by atoms with Crippen molar-refractivity contribution >= 4 is 17.7 Å². The molecule has 0 spiro atoms. The van der Waals surface area contributed by atoms with Gasteiger partial charge in [0, 0.05) is 6.04 Å². The number of nitrogens with one attached hydrogen (secondary N) is 1. The molecule has 3 atom stereocenters. The van der Waals surface area contributed by atoms with Crippen LogP contribution in [0.1, 0.15) is 32.1 Å². The van der Waals surface area contributed by atoms with Gasteiger partial charge in [0.25, 0.3) is 0 Å². The number of fused-ring (bicyclic) bond motifs is 1. The summed E-state index contributed by atoms with van der Waals surface area (Å²) in [5.74, 6) is -1.02. The van der Waals surface area contributed by atoms with Gasteiger partial charge in [-0.1, -0.05) is 12.8 Å². The molecule has 1 heterocycles. The van der Waals surface area contributed by atoms with Crippen molar-refractivity contribution in [1.82, 2.24) is 10.2 Å². The number of hydrogen-bond donors (Lipinski definition) is 3. The van der Waals surface area contributed by atoms with Crippen molar-refractivity contribution in [3.63, 3.8) is 0 Å². The molecule has 7 nitrogen and oxygen atoms in total. The lowest BCUT2D eigenvalue weighted by molar-refractivity contribution is -0.139. The molecule has 3 amide bonds. The fraction of sp³-hybridized carbons (Fsp3) is 0.769. The quantitative estimate of drug-likeness (QED) is 0.581. The second kappa shape index (κ2) is 6.21. The van der Waals surface area contributed by atoms with E-state index in [0.29, 0.717) is 12.0 Å². The maximum atomic E-state index is 12.4. The molecule has 7 heteroatoms. The summed E-state index contributed by atoms with van der Waals surface area (Å²) < 4.78 is 0. The molecule has 2 fully saturated rings. The van der Waals surface area contributed by atoms with Crippen molar-refractivity contribution in [2.24, 2.45) is 17.4 Å². The SMILES string of the molecule is NC(=O)CN(CC(N)=O)C(=O)C1CC2CCCCC2N1. The molecule has 0 aromatic carbocycles. The Morgan fingerprint density at radius 2 is 1.65 bits per heavy atom. The molecule has 1 saturated heterocycles. The Bertz CT molecular complexity index is 382. The molecule has 1 saturated carbocycles. The van der Waals surface area contributed by atoms with E-state index in [4.69, 9.17) is 11.5 Å². The zero-order valence-electron chi connectivity index (χ0n) is 11.5. The van der Waals surface area contributed by atoms with Crippen molar-refractivity contribution in [2.45, 2.75) is 44.2 Å². The van der Waals surface area contributed by atoms with Gasteiger partial charge in [-0.3, -0.25) is 14.4 Å². The highest BCUT2D eigenvalue weighted by Gasteiger charge is 2.40. The first-order chi connectivity index (χ1) is 9.47. The Morgan fingerprint density at radius 3 is 2.20 bits per heavy atom. The van der Waals surface area contributed by atoms with E-state index < -0.39 is 11.8 Å². The van der Waals surface area contributed by atoms with Gasteiger partial charge in [0.15, 0.2) is 0 Å². The third kappa shape index (κ3) is 3.47. The summed E-state index contributed by atoms with van der Waals surface area (Å²) in [6.45, 7) is -0.537. The van der Waals surface area contributed by atoms with Gasteiger partial charge >= 0.3 is 0 Å². The van der Waals surface area contributed by atoms with Crippen LogP contribution in [0.2, 0.25) is 0 Å². The fourth-order valence-electron chi connectivity index (χ4n) is 3.32. The number of rotatable bonds is 5. The summed E-state index contributed by atoms with van der Waals surface area (Å²) in [5, 5.41) is 3.32. The van der Waals surface area contributed by atoms with Crippen LogP contribution in [0.4, 0.5) is 0 Å². The fourth-order valence-corrected chi connectivity index (χ4v) is 3.32. The summed E-state index contributed by atoms with van der Waals surface area (Å²) in [5.41, 5.74) is 10.2. The molecule has 0 bridgehead atoms. The molecule has 20 heavy (non-hydrogen) atoms. The van der Waals surface area contributed by atoms with E-state index >= 15 is 0 Å². The summed E-state index contributed by atoms with van der Waals surface area (Å²) in [6, 6.07) is 0.0449. The molecule has 2 aliphatic rings. The van der Waals surface area contributed by atoms with Gasteiger partial charge in [-0.2, -0.15) is 0 Å². The molecule has 0 radical (unpaired) electrons. The molecule has 1 aliphatic heterocycles. The van der Waals surface area contributed by atoms with Crippen molar-refractivity contribution in [3.8, 4) is 0 Å². The van der Waals surface area contributed by atoms with Gasteiger partial charge in [-0.05, 0) is 25.2 Å². The second-order valence-corrected chi connectivity index (χ2v) is 5.73. The lowest BCUT2D eigenvalue weighted by Crippen LogP contribution is -2.50. The van der Waals surface area contributed by atoms with E-state index in [-0.39, 0.29) is 25.0 Å². The minimum atomic E-state index is -0.644. The Kier molecular flexibility index (Phi) is 4.59. The van der Waals surface area contributed by atoms with E-state index in [1.54, 1.807) is 0 Å². The lowest BCUT2D eigenvalue weighted by Gasteiger charge is -2.24. The van der Waals surface area contributed by atoms with Crippen LogP contribution in [0, 0.1) is 5.92 Å². The molecular weight excluding hydrogens is 260 g/mol. The van der Waals surface area contributed by atoms with E-state index in [0.717, 1.165) is 24.2 Å². The number of amides is 3. The molecule has 1 aliphatic carbocycles. The largest absolute Gasteiger partial charge is 0.368 e. The van der Waals surface area contributed by atoms with Crippen LogP contribution in [0.15, 0.2) is 0 Å². The van der Waals surface area contributed by atoms with Gasteiger partial charge < -0.3 is 21.7 Å². The minimum absolute atomic E-state index is 0.253. The number of carbonyl (C=O) groups excluding carboxylic acids is 3. The van der Waals surface area contributed by atoms with Crippen LogP contribution in [0.3, 0.4) is 0 Å². The molecule has 0 aromatic heterocycles. The predicted octanol–water partition coefficient (Wildman–Crippen LogP) is -1.29. The number of nitrogens with two attached hydrogens (primary N) is 2. The van der Waals surface area contributed by atoms with Gasteiger partial charge in [0.05, 0.1) is 19.1 Å². The molecular formula is C13H22N4O3. The molecule has 3 unspecified atom stereocenters. The molecule has 2 rings (SSSR count). The molecule has 0 aromatic rings. The van der Waals surface area contributed by atoms with Gasteiger partial charge in [-0.15, -0.1) is 0 Å². The maximum Gasteiger partial charge on any atom is 0.240 e.